The van der Waals surface area contributed by atoms with Crippen LogP contribution in [0.25, 0.3) is 0 Å². The Bertz CT molecular complexity index is 425. The summed E-state index contributed by atoms with van der Waals surface area (Å²) in [6.45, 7) is 0. The summed E-state index contributed by atoms with van der Waals surface area (Å²) in [5, 5.41) is 11.4. The molecule has 0 atom stereocenters. The molecule has 0 spiro atoms. The fourth-order valence-corrected chi connectivity index (χ4v) is 1.52. The van der Waals surface area contributed by atoms with E-state index in [1.807, 2.05) is 42.5 Å². The van der Waals surface area contributed by atoms with Gasteiger partial charge >= 0.3 is 23.0 Å². The number of esters is 1. The van der Waals surface area contributed by atoms with Crippen LogP contribution in [-0.2, 0) is 26.6 Å². The molecule has 0 heterocycles. The van der Waals surface area contributed by atoms with Gasteiger partial charge in [0.25, 0.3) is 0 Å². The average Bonchev–Trinajstić information content (AvgIpc) is 3.13. The van der Waals surface area contributed by atoms with Crippen LogP contribution >= 0.6 is 0 Å². The molecule has 20 heavy (non-hydrogen) atoms. The molecule has 0 N–H and O–H groups in total. The first-order valence-corrected chi connectivity index (χ1v) is 6.22. The molecular weight excluding hydrogens is 296 g/mol. The van der Waals surface area contributed by atoms with Crippen molar-refractivity contribution in [3.63, 3.8) is 0 Å². The second-order valence-electron chi connectivity index (χ2n) is 3.99. The summed E-state index contributed by atoms with van der Waals surface area (Å²) in [6.07, 6.45) is 8.47. The van der Waals surface area contributed by atoms with E-state index in [2.05, 4.69) is 4.74 Å². The van der Waals surface area contributed by atoms with E-state index in [-0.39, 0.29) is 28.8 Å². The second-order valence-corrected chi connectivity index (χ2v) is 3.99. The molecule has 0 amide bonds. The van der Waals surface area contributed by atoms with Crippen molar-refractivity contribution in [3.05, 3.63) is 66.0 Å². The molecule has 0 aliphatic heterocycles. The number of ether oxygens (including phenoxy) is 1. The van der Waals surface area contributed by atoms with Crippen molar-refractivity contribution in [1.82, 2.24) is 0 Å². The van der Waals surface area contributed by atoms with Crippen LogP contribution in [0, 0.1) is 0 Å². The van der Waals surface area contributed by atoms with Crippen LogP contribution in [0.3, 0.4) is 0 Å². The number of methoxy groups -OCH3 is 1. The molecule has 0 aromatic heterocycles. The van der Waals surface area contributed by atoms with Crippen molar-refractivity contribution in [2.45, 2.75) is 19.3 Å². The Hall–Kier alpha value is -1.64. The monoisotopic (exact) mass is 314 g/mol. The largest absolute Gasteiger partial charge is 2.00 e. The first-order chi connectivity index (χ1) is 9.24. The van der Waals surface area contributed by atoms with Crippen LogP contribution in [0.15, 0.2) is 66.0 Å². The van der Waals surface area contributed by atoms with Crippen molar-refractivity contribution in [3.8, 4) is 0 Å². The molecule has 0 unspecified atom stereocenters. The normalized spacial score (nSPS) is 11.3. The summed E-state index contributed by atoms with van der Waals surface area (Å²) in [4.78, 5) is 10.7. The number of carbonyl (C=O) groups excluding carboxylic acids is 1. The Balaban J connectivity index is 0.000000507. The third-order valence-electron chi connectivity index (χ3n) is 2.55. The van der Waals surface area contributed by atoms with Crippen LogP contribution < -0.4 is 5.11 Å². The maximum absolute atomic E-state index is 11.4. The molecule has 0 saturated heterocycles. The van der Waals surface area contributed by atoms with E-state index in [1.165, 1.54) is 7.11 Å². The number of carbonyl (C=O) groups is 1. The SMILES string of the molecule is COC(=O)CCCC([O-])=C1C=CC=C1.[Fe+2].c1cc[cH-]c1. The van der Waals surface area contributed by atoms with Crippen LogP contribution in [0.5, 0.6) is 0 Å². The van der Waals surface area contributed by atoms with Crippen molar-refractivity contribution < 1.29 is 31.7 Å². The van der Waals surface area contributed by atoms with Crippen LogP contribution in [-0.4, -0.2) is 13.1 Å². The zero-order valence-corrected chi connectivity index (χ0v) is 12.5. The van der Waals surface area contributed by atoms with Gasteiger partial charge in [-0.05, 0) is 18.4 Å². The van der Waals surface area contributed by atoms with Gasteiger partial charge in [0.2, 0.25) is 0 Å². The fourth-order valence-electron chi connectivity index (χ4n) is 1.52. The van der Waals surface area contributed by atoms with Gasteiger partial charge in [-0.3, -0.25) is 4.79 Å². The van der Waals surface area contributed by atoms with Gasteiger partial charge in [-0.1, -0.05) is 24.3 Å². The predicted octanol–water partition coefficient (Wildman–Crippen LogP) is 2.47. The molecular formula is C16H18FeO3. The van der Waals surface area contributed by atoms with Gasteiger partial charge in [-0.15, -0.1) is 5.76 Å². The Morgan fingerprint density at radius 2 is 1.80 bits per heavy atom. The van der Waals surface area contributed by atoms with Gasteiger partial charge in [0, 0.05) is 6.42 Å². The maximum Gasteiger partial charge on any atom is 2.00 e. The number of hydrogen-bond donors (Lipinski definition) is 0. The average molecular weight is 314 g/mol. The Kier molecular flexibility index (Phi) is 10.3. The fraction of sp³-hybridized carbons (Fsp3) is 0.250. The number of allylic oxidation sites excluding steroid dienone is 6. The summed E-state index contributed by atoms with van der Waals surface area (Å²) in [7, 11) is 1.35. The van der Waals surface area contributed by atoms with Gasteiger partial charge in [-0.25, -0.2) is 12.1 Å². The molecule has 0 bridgehead atoms. The van der Waals surface area contributed by atoms with Crippen molar-refractivity contribution in [2.24, 2.45) is 0 Å². The molecule has 108 valence electrons. The third kappa shape index (κ3) is 7.72. The van der Waals surface area contributed by atoms with Crippen molar-refractivity contribution >= 4 is 5.97 Å². The van der Waals surface area contributed by atoms with E-state index in [9.17, 15) is 9.90 Å². The summed E-state index contributed by atoms with van der Waals surface area (Å²) in [5.74, 6) is -0.181. The maximum atomic E-state index is 11.4. The standard InChI is InChI=1S/C11H14O3.C5H5.Fe/c1-14-11(13)8-4-7-10(12)9-5-2-3-6-9;1-2-4-5-3-1;/h2-3,5-6,12H,4,7-8H2,1H3;1-5H;/q;-1;+2/p-1. The van der Waals surface area contributed by atoms with E-state index in [0.717, 1.165) is 5.57 Å². The molecule has 1 aliphatic rings. The Morgan fingerprint density at radius 1 is 1.20 bits per heavy atom. The van der Waals surface area contributed by atoms with E-state index in [0.29, 0.717) is 19.3 Å². The molecule has 0 radical (unpaired) electrons. The molecule has 1 aromatic carbocycles. The van der Waals surface area contributed by atoms with Crippen molar-refractivity contribution in [1.29, 1.82) is 0 Å². The van der Waals surface area contributed by atoms with Crippen LogP contribution in [0.1, 0.15) is 19.3 Å². The number of rotatable bonds is 4. The topological polar surface area (TPSA) is 49.4 Å². The zero-order chi connectivity index (χ0) is 13.9. The summed E-state index contributed by atoms with van der Waals surface area (Å²) in [5.41, 5.74) is 0.717. The summed E-state index contributed by atoms with van der Waals surface area (Å²) < 4.78 is 4.47. The van der Waals surface area contributed by atoms with Crippen LogP contribution in [0.4, 0.5) is 0 Å². The first kappa shape index (κ1) is 18.4. The van der Waals surface area contributed by atoms with Crippen molar-refractivity contribution in [2.75, 3.05) is 7.11 Å². The zero-order valence-electron chi connectivity index (χ0n) is 11.4. The summed E-state index contributed by atoms with van der Waals surface area (Å²) in [6, 6.07) is 10.0. The Morgan fingerprint density at radius 3 is 2.25 bits per heavy atom. The van der Waals surface area contributed by atoms with Gasteiger partial charge in [0.15, 0.2) is 0 Å². The molecule has 0 fully saturated rings. The van der Waals surface area contributed by atoms with E-state index >= 15 is 0 Å². The molecule has 1 aliphatic carbocycles. The first-order valence-electron chi connectivity index (χ1n) is 6.22. The van der Waals surface area contributed by atoms with E-state index in [4.69, 9.17) is 0 Å². The smallest absolute Gasteiger partial charge is 0.875 e. The van der Waals surface area contributed by atoms with Gasteiger partial charge in [-0.2, -0.15) is 18.2 Å². The third-order valence-corrected chi connectivity index (χ3v) is 2.55. The van der Waals surface area contributed by atoms with Gasteiger partial charge in [0.05, 0.1) is 7.11 Å². The minimum Gasteiger partial charge on any atom is -0.875 e. The van der Waals surface area contributed by atoms with E-state index < -0.39 is 0 Å². The van der Waals surface area contributed by atoms with Gasteiger partial charge < -0.3 is 9.84 Å². The molecule has 2 rings (SSSR count). The minimum atomic E-state index is -0.264. The quantitative estimate of drug-likeness (QED) is 0.371. The van der Waals surface area contributed by atoms with Crippen LogP contribution in [0.2, 0.25) is 0 Å². The molecule has 1 aromatic rings. The predicted molar refractivity (Wildman–Crippen MR) is 73.2 cm³/mol. The molecule has 3 nitrogen and oxygen atoms in total. The second kappa shape index (κ2) is 11.2. The van der Waals surface area contributed by atoms with Gasteiger partial charge in [0.1, 0.15) is 0 Å². The molecule has 4 heteroatoms. The minimum absolute atomic E-state index is 0. The molecule has 0 saturated carbocycles. The van der Waals surface area contributed by atoms with E-state index in [1.54, 1.807) is 12.2 Å². The number of hydrogen-bond acceptors (Lipinski definition) is 3. The Labute approximate surface area is 130 Å². The summed E-state index contributed by atoms with van der Waals surface area (Å²) >= 11 is 0.